The lowest BCUT2D eigenvalue weighted by Gasteiger charge is -2.09. The fourth-order valence-corrected chi connectivity index (χ4v) is 4.06. The third-order valence-corrected chi connectivity index (χ3v) is 5.90. The first kappa shape index (κ1) is 24.6. The summed E-state index contributed by atoms with van der Waals surface area (Å²) in [5.74, 6) is -1.92. The molecule has 1 amide bonds. The van der Waals surface area contributed by atoms with E-state index in [1.54, 1.807) is 17.5 Å². The predicted molar refractivity (Wildman–Crippen MR) is 128 cm³/mol. The number of benzene rings is 2. The van der Waals surface area contributed by atoms with E-state index in [1.165, 1.54) is 41.7 Å². The van der Waals surface area contributed by atoms with Crippen molar-refractivity contribution < 1.29 is 32.7 Å². The lowest BCUT2D eigenvalue weighted by molar-refractivity contribution is -0.384. The van der Waals surface area contributed by atoms with Crippen molar-refractivity contribution in [2.75, 3.05) is 5.32 Å². The van der Waals surface area contributed by atoms with Crippen molar-refractivity contribution in [3.8, 4) is 27.8 Å². The Morgan fingerprint density at radius 2 is 1.84 bits per heavy atom. The predicted octanol–water partition coefficient (Wildman–Crippen LogP) is 5.53. The maximum atomic E-state index is 13.8. The number of fused-ring (bicyclic) bond motifs is 1. The largest absolute Gasteiger partial charge is 0.508 e. The number of phenols is 1. The highest BCUT2D eigenvalue weighted by atomic mass is 32.1. The van der Waals surface area contributed by atoms with Gasteiger partial charge in [0, 0.05) is 12.1 Å². The van der Waals surface area contributed by atoms with Crippen molar-refractivity contribution in [3.63, 3.8) is 0 Å². The number of carbonyl (C=O) groups excluding carboxylic acids is 1. The third kappa shape index (κ3) is 5.08. The normalized spacial score (nSPS) is 11.4. The molecule has 0 saturated heterocycles. The van der Waals surface area contributed by atoms with Gasteiger partial charge in [0.15, 0.2) is 5.69 Å². The van der Waals surface area contributed by atoms with Gasteiger partial charge in [-0.15, -0.1) is 16.4 Å². The molecule has 11 nitrogen and oxygen atoms in total. The van der Waals surface area contributed by atoms with Crippen LogP contribution in [0.2, 0.25) is 0 Å². The monoisotopic (exact) mass is 542 g/mol. The molecular formula is C23H13F3N6O5S. The zero-order valence-electron chi connectivity index (χ0n) is 18.7. The molecule has 0 aliphatic rings. The van der Waals surface area contributed by atoms with Crippen LogP contribution in [-0.4, -0.2) is 35.5 Å². The van der Waals surface area contributed by atoms with Gasteiger partial charge < -0.3 is 15.2 Å². The Bertz CT molecular complexity index is 1670. The Labute approximate surface area is 213 Å². The van der Waals surface area contributed by atoms with Crippen LogP contribution >= 0.6 is 11.3 Å². The number of phenolic OH excluding ortho intramolecular Hbond substituents is 1. The van der Waals surface area contributed by atoms with Gasteiger partial charge in [-0.05, 0) is 41.8 Å². The molecule has 0 saturated carbocycles. The summed E-state index contributed by atoms with van der Waals surface area (Å²) in [5.41, 5.74) is -1.70. The van der Waals surface area contributed by atoms with E-state index in [9.17, 15) is 33.2 Å². The first-order valence-electron chi connectivity index (χ1n) is 10.5. The Hall–Kier alpha value is -5.05. The smallest absolute Gasteiger partial charge is 0.433 e. The number of nitro groups is 1. The van der Waals surface area contributed by atoms with Gasteiger partial charge in [0.05, 0.1) is 27.2 Å². The molecule has 0 unspecified atom stereocenters. The molecule has 5 rings (SSSR count). The third-order valence-electron chi connectivity index (χ3n) is 5.01. The van der Waals surface area contributed by atoms with Gasteiger partial charge in [-0.25, -0.2) is 4.98 Å². The molecule has 38 heavy (non-hydrogen) atoms. The molecule has 3 aromatic heterocycles. The number of aromatic hydroxyl groups is 1. The number of amides is 1. The zero-order chi connectivity index (χ0) is 27.0. The van der Waals surface area contributed by atoms with Crippen LogP contribution in [0.15, 0.2) is 66.0 Å². The fraction of sp³-hybridized carbons (Fsp3) is 0.0435. The van der Waals surface area contributed by atoms with Crippen LogP contribution in [0.1, 0.15) is 16.3 Å². The molecule has 192 valence electrons. The number of aromatic nitrogens is 4. The summed E-state index contributed by atoms with van der Waals surface area (Å²) >= 11 is 1.18. The average Bonchev–Trinajstić information content (AvgIpc) is 3.54. The topological polar surface area (TPSA) is 145 Å². The van der Waals surface area contributed by atoms with Crippen LogP contribution in [0.3, 0.4) is 0 Å². The minimum Gasteiger partial charge on any atom is -0.508 e. The van der Waals surface area contributed by atoms with Crippen molar-refractivity contribution in [2.24, 2.45) is 0 Å². The summed E-state index contributed by atoms with van der Waals surface area (Å²) in [5, 5.41) is 28.5. The maximum Gasteiger partial charge on any atom is 0.433 e. The number of thiophene rings is 1. The summed E-state index contributed by atoms with van der Waals surface area (Å²) < 4.78 is 47.3. The number of rotatable bonds is 6. The van der Waals surface area contributed by atoms with E-state index >= 15 is 0 Å². The minimum atomic E-state index is -4.82. The maximum absolute atomic E-state index is 13.8. The van der Waals surface area contributed by atoms with Gasteiger partial charge in [0.2, 0.25) is 5.82 Å². The molecule has 0 fully saturated rings. The number of non-ortho nitro benzene ring substituents is 1. The molecule has 5 aromatic rings. The number of nitrogens with zero attached hydrogens (tertiary/aromatic N) is 5. The molecule has 0 spiro atoms. The van der Waals surface area contributed by atoms with Gasteiger partial charge in [-0.2, -0.15) is 22.7 Å². The zero-order valence-corrected chi connectivity index (χ0v) is 19.5. The number of nitro benzene ring substituents is 1. The summed E-state index contributed by atoms with van der Waals surface area (Å²) in [4.78, 5) is 32.0. The van der Waals surface area contributed by atoms with E-state index < -0.39 is 40.0 Å². The number of nitrogens with one attached hydrogen (secondary N) is 1. The highest BCUT2D eigenvalue weighted by Gasteiger charge is 2.36. The second-order valence-electron chi connectivity index (χ2n) is 7.67. The molecule has 2 aromatic carbocycles. The second-order valence-corrected chi connectivity index (χ2v) is 8.62. The quantitative estimate of drug-likeness (QED) is 0.210. The summed E-state index contributed by atoms with van der Waals surface area (Å²) in [7, 11) is 0. The van der Waals surface area contributed by atoms with Crippen LogP contribution < -0.4 is 10.1 Å². The lowest BCUT2D eigenvalue weighted by Crippen LogP contribution is -2.16. The molecular weight excluding hydrogens is 529 g/mol. The number of ether oxygens (including phenoxy) is 1. The highest BCUT2D eigenvalue weighted by molar-refractivity contribution is 7.13. The number of anilines is 1. The van der Waals surface area contributed by atoms with Gasteiger partial charge in [0.1, 0.15) is 17.2 Å². The highest BCUT2D eigenvalue weighted by Crippen LogP contribution is 2.34. The number of carbonyl (C=O) groups is 1. The Balaban J connectivity index is 1.48. The van der Waals surface area contributed by atoms with Crippen LogP contribution in [0.5, 0.6) is 17.2 Å². The summed E-state index contributed by atoms with van der Waals surface area (Å²) in [6, 6.07) is 13.0. The van der Waals surface area contributed by atoms with Crippen LogP contribution in [-0.2, 0) is 6.18 Å². The number of hydrogen-bond donors (Lipinski definition) is 2. The number of hydrogen-bond acceptors (Lipinski definition) is 9. The number of alkyl halides is 3. The average molecular weight is 542 g/mol. The first-order valence-corrected chi connectivity index (χ1v) is 11.4. The Morgan fingerprint density at radius 1 is 1.08 bits per heavy atom. The summed E-state index contributed by atoms with van der Waals surface area (Å²) in [6.45, 7) is 0. The minimum absolute atomic E-state index is 0.00823. The molecule has 0 aliphatic carbocycles. The van der Waals surface area contributed by atoms with Crippen molar-refractivity contribution in [1.82, 2.24) is 19.6 Å². The van der Waals surface area contributed by atoms with Crippen LogP contribution in [0.4, 0.5) is 24.5 Å². The molecule has 3 heterocycles. The second kappa shape index (κ2) is 9.44. The van der Waals surface area contributed by atoms with E-state index in [0.29, 0.717) is 9.39 Å². The molecule has 0 atom stereocenters. The molecule has 0 bridgehead atoms. The van der Waals surface area contributed by atoms with E-state index in [4.69, 9.17) is 4.74 Å². The van der Waals surface area contributed by atoms with Crippen LogP contribution in [0, 0.1) is 10.1 Å². The molecule has 0 radical (unpaired) electrons. The van der Waals surface area contributed by atoms with Gasteiger partial charge in [-0.1, -0.05) is 6.07 Å². The fourth-order valence-electron chi connectivity index (χ4n) is 3.37. The van der Waals surface area contributed by atoms with Gasteiger partial charge >= 0.3 is 6.18 Å². The van der Waals surface area contributed by atoms with Gasteiger partial charge in [-0.3, -0.25) is 14.9 Å². The van der Waals surface area contributed by atoms with E-state index in [2.05, 4.69) is 20.4 Å². The first-order chi connectivity index (χ1) is 18.1. The van der Waals surface area contributed by atoms with Crippen molar-refractivity contribution in [1.29, 1.82) is 0 Å². The van der Waals surface area contributed by atoms with E-state index in [0.717, 1.165) is 18.2 Å². The molecule has 0 aliphatic heterocycles. The Morgan fingerprint density at radius 3 is 2.50 bits per heavy atom. The molecule has 15 heteroatoms. The van der Waals surface area contributed by atoms with Crippen LogP contribution in [0.25, 0.3) is 16.3 Å². The van der Waals surface area contributed by atoms with Crippen molar-refractivity contribution in [3.05, 3.63) is 87.7 Å². The van der Waals surface area contributed by atoms with Crippen molar-refractivity contribution >= 4 is 34.4 Å². The summed E-state index contributed by atoms with van der Waals surface area (Å²) in [6.07, 6.45) is -4.82. The SMILES string of the molecule is O=C(Nc1cc(Oc2ccc(O)cc2)cc([N+](=O)[O-])c1)c1nc2nc(-c3cccs3)cc(C(F)(F)F)n2n1. The molecule has 2 N–H and O–H groups in total. The van der Waals surface area contributed by atoms with Crippen molar-refractivity contribution in [2.45, 2.75) is 6.18 Å². The lowest BCUT2D eigenvalue weighted by atomic mass is 10.2. The standard InChI is InChI=1S/C23H13F3N6O5S/c24-23(25,26)19-11-17(18-2-1-7-38-18)28-22-29-20(30-31(19)22)21(34)27-12-8-13(32(35)36)10-16(9-12)37-15-5-3-14(33)4-6-15/h1-11,33H,(H,27,34). The van der Waals surface area contributed by atoms with E-state index in [1.807, 2.05) is 0 Å². The van der Waals surface area contributed by atoms with E-state index in [-0.39, 0.29) is 28.6 Å². The Kier molecular flexibility index (Phi) is 6.12. The number of halogens is 3. The van der Waals surface area contributed by atoms with Gasteiger partial charge in [0.25, 0.3) is 17.4 Å².